The molecule has 0 aliphatic rings. The third kappa shape index (κ3) is 4.13. The van der Waals surface area contributed by atoms with Gasteiger partial charge in [-0.3, -0.25) is 14.9 Å². The Balaban J connectivity index is 2.05. The summed E-state index contributed by atoms with van der Waals surface area (Å²) in [5.41, 5.74) is -0.00359. The van der Waals surface area contributed by atoms with Crippen molar-refractivity contribution in [3.63, 3.8) is 0 Å². The van der Waals surface area contributed by atoms with Crippen LogP contribution < -0.4 is 5.32 Å². The minimum Gasteiger partial charge on any atom is -0.449 e. The number of hydrogen-bond acceptors (Lipinski definition) is 5. The molecule has 2 rings (SSSR count). The topological polar surface area (TPSA) is 98.5 Å². The molecule has 0 bridgehead atoms. The summed E-state index contributed by atoms with van der Waals surface area (Å²) in [5, 5.41) is 13.5. The van der Waals surface area contributed by atoms with Crippen LogP contribution in [0, 0.1) is 10.1 Å². The second-order valence-corrected chi connectivity index (χ2v) is 4.68. The zero-order valence-corrected chi connectivity index (χ0v) is 12.3. The number of ether oxygens (including phenoxy) is 1. The smallest absolute Gasteiger partial charge is 0.345 e. The number of esters is 1. The molecule has 0 aliphatic heterocycles. The zero-order chi connectivity index (χ0) is 16.8. The van der Waals surface area contributed by atoms with Gasteiger partial charge in [0.25, 0.3) is 11.6 Å². The van der Waals surface area contributed by atoms with Crippen LogP contribution >= 0.6 is 0 Å². The minimum atomic E-state index is -1.09. The highest BCUT2D eigenvalue weighted by molar-refractivity contribution is 5.98. The maximum Gasteiger partial charge on any atom is 0.345 e. The molecule has 0 saturated carbocycles. The number of nitrogens with one attached hydrogen (secondary N) is 1. The maximum atomic E-state index is 12.0. The van der Waals surface area contributed by atoms with E-state index in [1.54, 1.807) is 30.3 Å². The lowest BCUT2D eigenvalue weighted by Crippen LogP contribution is -2.30. The largest absolute Gasteiger partial charge is 0.449 e. The molecule has 0 heterocycles. The Morgan fingerprint density at radius 1 is 1.09 bits per heavy atom. The van der Waals surface area contributed by atoms with Crippen molar-refractivity contribution in [1.82, 2.24) is 0 Å². The van der Waals surface area contributed by atoms with Gasteiger partial charge in [0.05, 0.1) is 4.92 Å². The molecule has 7 heteroatoms. The van der Waals surface area contributed by atoms with Gasteiger partial charge in [0.2, 0.25) is 0 Å². The maximum absolute atomic E-state index is 12.0. The van der Waals surface area contributed by atoms with Gasteiger partial charge in [-0.25, -0.2) is 4.79 Å². The molecular weight excluding hydrogens is 300 g/mol. The Bertz CT molecular complexity index is 730. The number of nitrogens with zero attached hydrogens (tertiary/aromatic N) is 1. The van der Waals surface area contributed by atoms with Gasteiger partial charge in [-0.05, 0) is 25.1 Å². The molecule has 0 spiro atoms. The average molecular weight is 314 g/mol. The number of benzene rings is 2. The SMILES string of the molecule is C[C@@H](OC(=O)c1ccccc1[N+](=O)[O-])C(=O)Nc1ccccc1. The van der Waals surface area contributed by atoms with E-state index in [1.165, 1.54) is 31.2 Å². The third-order valence-corrected chi connectivity index (χ3v) is 3.02. The number of anilines is 1. The predicted octanol–water partition coefficient (Wildman–Crippen LogP) is 2.78. The van der Waals surface area contributed by atoms with Gasteiger partial charge in [-0.15, -0.1) is 0 Å². The molecular formula is C16H14N2O5. The van der Waals surface area contributed by atoms with E-state index in [2.05, 4.69) is 5.32 Å². The highest BCUT2D eigenvalue weighted by Crippen LogP contribution is 2.19. The van der Waals surface area contributed by atoms with Crippen LogP contribution in [0.25, 0.3) is 0 Å². The lowest BCUT2D eigenvalue weighted by molar-refractivity contribution is -0.385. The lowest BCUT2D eigenvalue weighted by Gasteiger charge is -2.13. The number of carbonyl (C=O) groups is 2. The number of amides is 1. The van der Waals surface area contributed by atoms with Crippen molar-refractivity contribution in [2.24, 2.45) is 0 Å². The molecule has 0 radical (unpaired) electrons. The van der Waals surface area contributed by atoms with Crippen LogP contribution in [0.2, 0.25) is 0 Å². The first-order chi connectivity index (χ1) is 11.0. The summed E-state index contributed by atoms with van der Waals surface area (Å²) in [4.78, 5) is 34.2. The fraction of sp³-hybridized carbons (Fsp3) is 0.125. The van der Waals surface area contributed by atoms with E-state index in [4.69, 9.17) is 4.74 Å². The number of hydrogen-bond donors (Lipinski definition) is 1. The van der Waals surface area contributed by atoms with Crippen LogP contribution in [0.4, 0.5) is 11.4 Å². The minimum absolute atomic E-state index is 0.197. The number of rotatable bonds is 5. The second kappa shape index (κ2) is 7.17. The van der Waals surface area contributed by atoms with Crippen LogP contribution in [0.3, 0.4) is 0 Å². The molecule has 1 amide bonds. The van der Waals surface area contributed by atoms with Crippen LogP contribution in [-0.2, 0) is 9.53 Å². The summed E-state index contributed by atoms with van der Waals surface area (Å²) in [5.74, 6) is -1.45. The number of carbonyl (C=O) groups excluding carboxylic acids is 2. The highest BCUT2D eigenvalue weighted by Gasteiger charge is 2.24. The lowest BCUT2D eigenvalue weighted by atomic mass is 10.2. The Kier molecular flexibility index (Phi) is 5.03. The normalized spacial score (nSPS) is 11.3. The van der Waals surface area contributed by atoms with Crippen molar-refractivity contribution >= 4 is 23.3 Å². The fourth-order valence-corrected chi connectivity index (χ4v) is 1.85. The van der Waals surface area contributed by atoms with Crippen molar-refractivity contribution in [1.29, 1.82) is 0 Å². The van der Waals surface area contributed by atoms with Crippen molar-refractivity contribution < 1.29 is 19.2 Å². The van der Waals surface area contributed by atoms with E-state index < -0.39 is 22.9 Å². The van der Waals surface area contributed by atoms with E-state index in [9.17, 15) is 19.7 Å². The summed E-state index contributed by atoms with van der Waals surface area (Å²) >= 11 is 0. The Labute approximate surface area is 132 Å². The summed E-state index contributed by atoms with van der Waals surface area (Å²) < 4.78 is 5.01. The monoisotopic (exact) mass is 314 g/mol. The second-order valence-electron chi connectivity index (χ2n) is 4.68. The molecule has 0 aliphatic carbocycles. The molecule has 0 saturated heterocycles. The van der Waals surface area contributed by atoms with Crippen LogP contribution in [0.5, 0.6) is 0 Å². The van der Waals surface area contributed by atoms with Gasteiger partial charge < -0.3 is 10.1 Å². The average Bonchev–Trinajstić information content (AvgIpc) is 2.55. The molecule has 23 heavy (non-hydrogen) atoms. The predicted molar refractivity (Wildman–Crippen MR) is 83.0 cm³/mol. The van der Waals surface area contributed by atoms with E-state index in [0.717, 1.165) is 0 Å². The number of nitro groups is 1. The standard InChI is InChI=1S/C16H14N2O5/c1-11(15(19)17-12-7-3-2-4-8-12)23-16(20)13-9-5-6-10-14(13)18(21)22/h2-11H,1H3,(H,17,19)/t11-/m1/s1. The number of para-hydroxylation sites is 2. The molecule has 2 aromatic carbocycles. The molecule has 118 valence electrons. The molecule has 7 nitrogen and oxygen atoms in total. The molecule has 1 N–H and O–H groups in total. The van der Waals surface area contributed by atoms with Crippen molar-refractivity contribution in [3.05, 3.63) is 70.3 Å². The van der Waals surface area contributed by atoms with Gasteiger partial charge in [0.15, 0.2) is 6.10 Å². The van der Waals surface area contributed by atoms with E-state index in [0.29, 0.717) is 5.69 Å². The summed E-state index contributed by atoms with van der Waals surface area (Å²) in [6.45, 7) is 1.39. The van der Waals surface area contributed by atoms with Gasteiger partial charge >= 0.3 is 5.97 Å². The first kappa shape index (κ1) is 16.2. The van der Waals surface area contributed by atoms with Crippen LogP contribution in [-0.4, -0.2) is 22.9 Å². The van der Waals surface area contributed by atoms with Gasteiger partial charge in [-0.1, -0.05) is 30.3 Å². The van der Waals surface area contributed by atoms with Crippen LogP contribution in [0.1, 0.15) is 17.3 Å². The van der Waals surface area contributed by atoms with Gasteiger partial charge in [0, 0.05) is 11.8 Å². The Morgan fingerprint density at radius 2 is 1.70 bits per heavy atom. The molecule has 1 atom stereocenters. The summed E-state index contributed by atoms with van der Waals surface area (Å²) in [7, 11) is 0. The van der Waals surface area contributed by atoms with E-state index >= 15 is 0 Å². The quantitative estimate of drug-likeness (QED) is 0.520. The summed E-state index contributed by atoms with van der Waals surface area (Å²) in [6, 6.07) is 14.1. The first-order valence-corrected chi connectivity index (χ1v) is 6.79. The van der Waals surface area contributed by atoms with Crippen molar-refractivity contribution in [3.8, 4) is 0 Å². The van der Waals surface area contributed by atoms with Crippen molar-refractivity contribution in [2.75, 3.05) is 5.32 Å². The first-order valence-electron chi connectivity index (χ1n) is 6.79. The molecule has 0 unspecified atom stereocenters. The van der Waals surface area contributed by atoms with E-state index in [1.807, 2.05) is 0 Å². The third-order valence-electron chi connectivity index (χ3n) is 3.02. The van der Waals surface area contributed by atoms with Gasteiger partial charge in [0.1, 0.15) is 5.56 Å². The van der Waals surface area contributed by atoms with Crippen molar-refractivity contribution in [2.45, 2.75) is 13.0 Å². The van der Waals surface area contributed by atoms with E-state index in [-0.39, 0.29) is 11.3 Å². The Hall–Kier alpha value is -3.22. The highest BCUT2D eigenvalue weighted by atomic mass is 16.6. The Morgan fingerprint density at radius 3 is 2.35 bits per heavy atom. The summed E-state index contributed by atoms with van der Waals surface area (Å²) in [6.07, 6.45) is -1.09. The van der Waals surface area contributed by atoms with Gasteiger partial charge in [-0.2, -0.15) is 0 Å². The zero-order valence-electron chi connectivity index (χ0n) is 12.3. The number of nitro benzene ring substituents is 1. The molecule has 2 aromatic rings. The molecule has 0 aromatic heterocycles. The van der Waals surface area contributed by atoms with Crippen LogP contribution in [0.15, 0.2) is 54.6 Å². The fourth-order valence-electron chi connectivity index (χ4n) is 1.85. The molecule has 0 fully saturated rings.